The van der Waals surface area contributed by atoms with Crippen LogP contribution in [0.1, 0.15) is 0 Å². The zero-order chi connectivity index (χ0) is 10.0. The Kier molecular flexibility index (Phi) is 3.60. The van der Waals surface area contributed by atoms with Gasteiger partial charge in [-0.2, -0.15) is 0 Å². The molecule has 6 nitrogen and oxygen atoms in total. The van der Waals surface area contributed by atoms with Crippen molar-refractivity contribution in [3.05, 3.63) is 0 Å². The second kappa shape index (κ2) is 4.32. The predicted octanol–water partition coefficient (Wildman–Crippen LogP) is -2.57. The molecular weight excluding hydrogens is 180 g/mol. The van der Waals surface area contributed by atoms with Crippen LogP contribution in [0, 0.1) is 0 Å². The Morgan fingerprint density at radius 2 is 1.85 bits per heavy atom. The average molecular weight is 194 g/mol. The van der Waals surface area contributed by atoms with Gasteiger partial charge in [-0.1, -0.05) is 0 Å². The minimum absolute atomic E-state index is 0.390. The number of aliphatic hydroxyl groups excluding tert-OH is 4. The summed E-state index contributed by atoms with van der Waals surface area (Å²) in [6.45, 7) is -0.390. The molecule has 0 aliphatic carbocycles. The Balaban J connectivity index is 2.69. The molecule has 0 radical (unpaired) electrons. The minimum atomic E-state index is -1.49. The van der Waals surface area contributed by atoms with Crippen LogP contribution in [0.2, 0.25) is 0 Å². The first kappa shape index (κ1) is 10.8. The maximum atomic E-state index is 9.38. The molecule has 1 rings (SSSR count). The van der Waals surface area contributed by atoms with Gasteiger partial charge in [0.15, 0.2) is 6.29 Å². The molecule has 13 heavy (non-hydrogen) atoms. The van der Waals surface area contributed by atoms with Crippen LogP contribution in [0.5, 0.6) is 0 Å². The number of hydrogen-bond acceptors (Lipinski definition) is 6. The Morgan fingerprint density at radius 3 is 2.31 bits per heavy atom. The van der Waals surface area contributed by atoms with Gasteiger partial charge >= 0.3 is 0 Å². The van der Waals surface area contributed by atoms with Gasteiger partial charge in [-0.25, -0.2) is 0 Å². The lowest BCUT2D eigenvalue weighted by Gasteiger charge is -2.39. The van der Waals surface area contributed by atoms with Gasteiger partial charge in [-0.05, 0) is 0 Å². The van der Waals surface area contributed by atoms with Crippen molar-refractivity contribution in [2.45, 2.75) is 30.7 Å². The van der Waals surface area contributed by atoms with E-state index < -0.39 is 30.7 Å². The van der Waals surface area contributed by atoms with E-state index in [9.17, 15) is 10.2 Å². The summed E-state index contributed by atoms with van der Waals surface area (Å²) in [5.74, 6) is 0. The first-order valence-corrected chi connectivity index (χ1v) is 3.95. The van der Waals surface area contributed by atoms with Crippen molar-refractivity contribution in [2.75, 3.05) is 13.7 Å². The van der Waals surface area contributed by atoms with Crippen molar-refractivity contribution >= 4 is 0 Å². The Morgan fingerprint density at radius 1 is 1.23 bits per heavy atom. The maximum Gasteiger partial charge on any atom is 0.184 e. The second-order valence-corrected chi connectivity index (χ2v) is 2.93. The summed E-state index contributed by atoms with van der Waals surface area (Å²) in [5.41, 5.74) is 0. The van der Waals surface area contributed by atoms with Gasteiger partial charge in [0.2, 0.25) is 0 Å². The molecule has 3 unspecified atom stereocenters. The first-order valence-electron chi connectivity index (χ1n) is 3.95. The van der Waals surface area contributed by atoms with E-state index in [4.69, 9.17) is 19.7 Å². The summed E-state index contributed by atoms with van der Waals surface area (Å²) in [5, 5.41) is 36.4. The van der Waals surface area contributed by atoms with E-state index in [2.05, 4.69) is 0 Å². The van der Waals surface area contributed by atoms with Gasteiger partial charge in [-0.3, -0.25) is 0 Å². The average Bonchev–Trinajstić information content (AvgIpc) is 2.13. The van der Waals surface area contributed by atoms with Crippen LogP contribution in [-0.4, -0.2) is 64.8 Å². The molecule has 4 N–H and O–H groups in total. The highest BCUT2D eigenvalue weighted by molar-refractivity contribution is 4.89. The van der Waals surface area contributed by atoms with Crippen LogP contribution in [0.3, 0.4) is 0 Å². The molecule has 0 saturated carbocycles. The van der Waals surface area contributed by atoms with Gasteiger partial charge in [0.25, 0.3) is 0 Å². The highest BCUT2D eigenvalue weighted by atomic mass is 16.6. The quantitative estimate of drug-likeness (QED) is 0.386. The number of hydrogen-bond donors (Lipinski definition) is 4. The van der Waals surface area contributed by atoms with Crippen molar-refractivity contribution < 1.29 is 29.9 Å². The fraction of sp³-hybridized carbons (Fsp3) is 1.00. The normalized spacial score (nSPS) is 46.4. The third-order valence-corrected chi connectivity index (χ3v) is 2.11. The third kappa shape index (κ3) is 1.98. The van der Waals surface area contributed by atoms with Crippen LogP contribution in [-0.2, 0) is 9.47 Å². The number of aliphatic hydroxyl groups is 4. The molecule has 1 saturated heterocycles. The van der Waals surface area contributed by atoms with Crippen LogP contribution >= 0.6 is 0 Å². The van der Waals surface area contributed by atoms with E-state index in [0.717, 1.165) is 0 Å². The molecule has 0 bridgehead atoms. The summed E-state index contributed by atoms with van der Waals surface area (Å²) < 4.78 is 9.61. The van der Waals surface area contributed by atoms with Gasteiger partial charge in [0.1, 0.15) is 24.4 Å². The van der Waals surface area contributed by atoms with Gasteiger partial charge in [0.05, 0.1) is 6.61 Å². The van der Waals surface area contributed by atoms with Gasteiger partial charge < -0.3 is 29.9 Å². The van der Waals surface area contributed by atoms with E-state index in [1.165, 1.54) is 7.11 Å². The van der Waals surface area contributed by atoms with Crippen molar-refractivity contribution in [1.29, 1.82) is 0 Å². The standard InChI is InChI=1S/C7H14O6/c1-12-6-3(2-8)13-7(11)5(10)4(6)9/h3-11H,2H2,1H3/t3?,4?,5?,6-,7+/m0/s1. The molecule has 0 aromatic heterocycles. The van der Waals surface area contributed by atoms with Gasteiger partial charge in [0, 0.05) is 7.11 Å². The summed E-state index contributed by atoms with van der Waals surface area (Å²) in [6, 6.07) is 0. The molecular formula is C7H14O6. The highest BCUT2D eigenvalue weighted by Crippen LogP contribution is 2.21. The van der Waals surface area contributed by atoms with Crippen LogP contribution in [0.25, 0.3) is 0 Å². The number of methoxy groups -OCH3 is 1. The molecule has 0 aromatic rings. The number of ether oxygens (including phenoxy) is 2. The van der Waals surface area contributed by atoms with Gasteiger partial charge in [-0.15, -0.1) is 0 Å². The van der Waals surface area contributed by atoms with E-state index in [-0.39, 0.29) is 6.61 Å². The first-order chi connectivity index (χ1) is 6.11. The van der Waals surface area contributed by atoms with Crippen molar-refractivity contribution in [3.63, 3.8) is 0 Å². The monoisotopic (exact) mass is 194 g/mol. The highest BCUT2D eigenvalue weighted by Gasteiger charge is 2.43. The zero-order valence-electron chi connectivity index (χ0n) is 7.20. The third-order valence-electron chi connectivity index (χ3n) is 2.11. The van der Waals surface area contributed by atoms with Crippen LogP contribution < -0.4 is 0 Å². The molecule has 1 aliphatic rings. The predicted molar refractivity (Wildman–Crippen MR) is 40.8 cm³/mol. The van der Waals surface area contributed by atoms with Crippen LogP contribution in [0.4, 0.5) is 0 Å². The molecule has 1 heterocycles. The summed E-state index contributed by atoms with van der Waals surface area (Å²) >= 11 is 0. The van der Waals surface area contributed by atoms with E-state index in [1.54, 1.807) is 0 Å². The fourth-order valence-electron chi connectivity index (χ4n) is 1.36. The minimum Gasteiger partial charge on any atom is -0.394 e. The molecule has 0 amide bonds. The SMILES string of the molecule is CO[C@H]1C(CO)O[C@@H](O)C(O)C1O. The Bertz CT molecular complexity index is 161. The second-order valence-electron chi connectivity index (χ2n) is 2.93. The van der Waals surface area contributed by atoms with E-state index in [1.807, 2.05) is 0 Å². The molecule has 78 valence electrons. The van der Waals surface area contributed by atoms with Crippen molar-refractivity contribution in [2.24, 2.45) is 0 Å². The lowest BCUT2D eigenvalue weighted by molar-refractivity contribution is -0.290. The van der Waals surface area contributed by atoms with E-state index in [0.29, 0.717) is 0 Å². The van der Waals surface area contributed by atoms with Crippen molar-refractivity contribution in [3.8, 4) is 0 Å². The maximum absolute atomic E-state index is 9.38. The van der Waals surface area contributed by atoms with Crippen LogP contribution in [0.15, 0.2) is 0 Å². The fourth-order valence-corrected chi connectivity index (χ4v) is 1.36. The smallest absolute Gasteiger partial charge is 0.184 e. The summed E-state index contributed by atoms with van der Waals surface area (Å²) in [7, 11) is 1.32. The Hall–Kier alpha value is -0.240. The lowest BCUT2D eigenvalue weighted by Crippen LogP contribution is -2.59. The number of rotatable bonds is 2. The molecule has 1 fully saturated rings. The van der Waals surface area contributed by atoms with Crippen molar-refractivity contribution in [1.82, 2.24) is 0 Å². The zero-order valence-corrected chi connectivity index (χ0v) is 7.20. The molecule has 1 aliphatic heterocycles. The van der Waals surface area contributed by atoms with E-state index >= 15 is 0 Å². The molecule has 6 heteroatoms. The summed E-state index contributed by atoms with van der Waals surface area (Å²) in [4.78, 5) is 0. The molecule has 5 atom stereocenters. The lowest BCUT2D eigenvalue weighted by atomic mass is 9.99. The topological polar surface area (TPSA) is 99.4 Å². The largest absolute Gasteiger partial charge is 0.394 e. The Labute approximate surface area is 75.3 Å². The molecule has 0 spiro atoms. The summed E-state index contributed by atoms with van der Waals surface area (Å²) in [6.07, 6.45) is -5.81. The molecule has 0 aromatic carbocycles.